The van der Waals surface area contributed by atoms with Gasteiger partial charge in [0.15, 0.2) is 5.16 Å². The summed E-state index contributed by atoms with van der Waals surface area (Å²) in [5.74, 6) is -0.707. The lowest BCUT2D eigenvalue weighted by molar-refractivity contribution is -0.117. The molecule has 2 aromatic heterocycles. The first-order valence-corrected chi connectivity index (χ1v) is 12.6. The minimum Gasteiger partial charge on any atom is -0.336 e. The number of benzene rings is 1. The van der Waals surface area contributed by atoms with Crippen LogP contribution in [-0.4, -0.2) is 33.3 Å². The lowest BCUT2D eigenvalue weighted by Gasteiger charge is -2.18. The van der Waals surface area contributed by atoms with Crippen molar-refractivity contribution in [2.75, 3.05) is 5.75 Å². The van der Waals surface area contributed by atoms with E-state index in [4.69, 9.17) is 0 Å². The number of hydrogen-bond acceptors (Lipinski definition) is 6. The molecular weight excluding hydrogens is 463 g/mol. The molecule has 2 heterocycles. The molecule has 0 radical (unpaired) electrons. The van der Waals surface area contributed by atoms with Crippen LogP contribution >= 0.6 is 23.1 Å². The van der Waals surface area contributed by atoms with Crippen LogP contribution < -0.4 is 16.2 Å². The molecule has 1 aliphatic rings. The zero-order chi connectivity index (χ0) is 23.7. The van der Waals surface area contributed by atoms with Crippen LogP contribution in [0, 0.1) is 11.7 Å². The molecule has 0 saturated carbocycles. The van der Waals surface area contributed by atoms with Gasteiger partial charge in [-0.3, -0.25) is 19.5 Å². The largest absolute Gasteiger partial charge is 0.336 e. The van der Waals surface area contributed by atoms with E-state index in [-0.39, 0.29) is 28.2 Å². The van der Waals surface area contributed by atoms with E-state index in [1.165, 1.54) is 28.0 Å². The van der Waals surface area contributed by atoms with Crippen LogP contribution in [0.4, 0.5) is 9.18 Å². The summed E-state index contributed by atoms with van der Waals surface area (Å²) in [4.78, 5) is 44.2. The van der Waals surface area contributed by atoms with Gasteiger partial charge in [0.1, 0.15) is 10.6 Å². The third kappa shape index (κ3) is 4.96. The molecule has 2 N–H and O–H groups in total. The number of aryl methyl sites for hydroxylation is 1. The number of thioether (sulfide) groups is 1. The molecule has 0 fully saturated rings. The molecular formula is C23H25FN4O3S2. The van der Waals surface area contributed by atoms with Gasteiger partial charge in [0.05, 0.1) is 16.8 Å². The van der Waals surface area contributed by atoms with Crippen molar-refractivity contribution in [1.29, 1.82) is 0 Å². The number of carbonyl (C=O) groups is 2. The molecule has 174 valence electrons. The predicted octanol–water partition coefficient (Wildman–Crippen LogP) is 4.04. The molecule has 3 aromatic rings. The monoisotopic (exact) mass is 488 g/mol. The molecule has 1 aliphatic carbocycles. The summed E-state index contributed by atoms with van der Waals surface area (Å²) in [5, 5.41) is 5.58. The summed E-state index contributed by atoms with van der Waals surface area (Å²) in [6.07, 6.45) is 2.68. The van der Waals surface area contributed by atoms with Gasteiger partial charge < -0.3 is 5.32 Å². The van der Waals surface area contributed by atoms with E-state index in [2.05, 4.69) is 22.5 Å². The molecule has 33 heavy (non-hydrogen) atoms. The first-order chi connectivity index (χ1) is 15.7. The van der Waals surface area contributed by atoms with E-state index in [0.717, 1.165) is 41.5 Å². The molecule has 3 amide bonds. The summed E-state index contributed by atoms with van der Waals surface area (Å²) in [6, 6.07) is 5.30. The van der Waals surface area contributed by atoms with Gasteiger partial charge in [-0.15, -0.1) is 11.3 Å². The summed E-state index contributed by atoms with van der Waals surface area (Å²) < 4.78 is 16.0. The third-order valence-corrected chi connectivity index (χ3v) is 7.48. The van der Waals surface area contributed by atoms with E-state index in [0.29, 0.717) is 16.1 Å². The lowest BCUT2D eigenvalue weighted by Crippen LogP contribution is -2.43. The maximum Gasteiger partial charge on any atom is 0.321 e. The summed E-state index contributed by atoms with van der Waals surface area (Å²) in [5.41, 5.74) is 0.759. The van der Waals surface area contributed by atoms with E-state index in [9.17, 15) is 18.8 Å². The highest BCUT2D eigenvalue weighted by molar-refractivity contribution is 7.99. The highest BCUT2D eigenvalue weighted by Crippen LogP contribution is 2.37. The smallest absolute Gasteiger partial charge is 0.321 e. The second-order valence-corrected chi connectivity index (χ2v) is 10.5. The first-order valence-electron chi connectivity index (χ1n) is 10.8. The quantitative estimate of drug-likeness (QED) is 0.418. The zero-order valence-electron chi connectivity index (χ0n) is 18.6. The Morgan fingerprint density at radius 1 is 1.33 bits per heavy atom. The number of hydrogen-bond donors (Lipinski definition) is 2. The van der Waals surface area contributed by atoms with Crippen molar-refractivity contribution >= 4 is 45.3 Å². The predicted molar refractivity (Wildman–Crippen MR) is 129 cm³/mol. The topological polar surface area (TPSA) is 93.1 Å². The van der Waals surface area contributed by atoms with Crippen molar-refractivity contribution in [2.24, 2.45) is 5.92 Å². The molecule has 7 nitrogen and oxygen atoms in total. The number of carbonyl (C=O) groups excluding carboxylic acids is 2. The van der Waals surface area contributed by atoms with Gasteiger partial charge in [-0.1, -0.05) is 30.8 Å². The molecule has 0 aliphatic heterocycles. The minimum absolute atomic E-state index is 0.0847. The van der Waals surface area contributed by atoms with Crippen LogP contribution in [0.5, 0.6) is 0 Å². The highest BCUT2D eigenvalue weighted by Gasteiger charge is 2.26. The fourth-order valence-corrected chi connectivity index (χ4v) is 6.13. The van der Waals surface area contributed by atoms with Gasteiger partial charge in [-0.25, -0.2) is 14.2 Å². The Labute approximate surface area is 198 Å². The molecule has 1 aromatic carbocycles. The van der Waals surface area contributed by atoms with E-state index >= 15 is 0 Å². The number of halogens is 1. The summed E-state index contributed by atoms with van der Waals surface area (Å²) in [6.45, 7) is 5.76. The number of rotatable bonds is 5. The number of thiophene rings is 1. The second kappa shape index (κ2) is 9.64. The fourth-order valence-electron chi connectivity index (χ4n) is 3.90. The Balaban J connectivity index is 1.74. The normalized spacial score (nSPS) is 15.5. The zero-order valence-corrected chi connectivity index (χ0v) is 20.2. The van der Waals surface area contributed by atoms with Crippen molar-refractivity contribution in [1.82, 2.24) is 20.2 Å². The molecule has 0 spiro atoms. The maximum atomic E-state index is 14.7. The van der Waals surface area contributed by atoms with Crippen LogP contribution in [0.3, 0.4) is 0 Å². The molecule has 10 heteroatoms. The third-order valence-electron chi connectivity index (χ3n) is 5.40. The van der Waals surface area contributed by atoms with Crippen molar-refractivity contribution in [3.63, 3.8) is 0 Å². The van der Waals surface area contributed by atoms with Crippen molar-refractivity contribution in [3.8, 4) is 5.69 Å². The Morgan fingerprint density at radius 2 is 2.09 bits per heavy atom. The number of aromatic nitrogens is 2. The number of fused-ring (bicyclic) bond motifs is 3. The molecule has 0 saturated heterocycles. The first kappa shape index (κ1) is 23.4. The number of imide groups is 1. The minimum atomic E-state index is -0.592. The molecule has 0 unspecified atom stereocenters. The van der Waals surface area contributed by atoms with Gasteiger partial charge >= 0.3 is 6.03 Å². The van der Waals surface area contributed by atoms with Gasteiger partial charge in [0.2, 0.25) is 5.91 Å². The SMILES string of the molecule is CC(C)NC(=O)NC(=O)CSc1nc2sc3c(c2c(=O)n1-c1ccccc1F)CC[C@@H](C)C3. The Morgan fingerprint density at radius 3 is 2.82 bits per heavy atom. The lowest BCUT2D eigenvalue weighted by atomic mass is 9.89. The van der Waals surface area contributed by atoms with Gasteiger partial charge in [-0.2, -0.15) is 0 Å². The van der Waals surface area contributed by atoms with Gasteiger partial charge in [0.25, 0.3) is 5.56 Å². The maximum absolute atomic E-state index is 14.7. The fraction of sp³-hybridized carbons (Fsp3) is 0.391. The Hall–Kier alpha value is -2.72. The second-order valence-electron chi connectivity index (χ2n) is 8.48. The van der Waals surface area contributed by atoms with Crippen molar-refractivity contribution < 1.29 is 14.0 Å². The van der Waals surface area contributed by atoms with Crippen LogP contribution in [0.2, 0.25) is 0 Å². The Bertz CT molecular complexity index is 1280. The Kier molecular flexibility index (Phi) is 6.85. The summed E-state index contributed by atoms with van der Waals surface area (Å²) in [7, 11) is 0. The number of nitrogens with one attached hydrogen (secondary N) is 2. The van der Waals surface area contributed by atoms with Gasteiger partial charge in [-0.05, 0) is 56.7 Å². The van der Waals surface area contributed by atoms with Gasteiger partial charge in [0, 0.05) is 10.9 Å². The molecule has 4 rings (SSSR count). The van der Waals surface area contributed by atoms with E-state index < -0.39 is 17.8 Å². The highest BCUT2D eigenvalue weighted by atomic mass is 32.2. The van der Waals surface area contributed by atoms with Crippen molar-refractivity contribution in [2.45, 2.75) is 51.2 Å². The molecule has 0 bridgehead atoms. The van der Waals surface area contributed by atoms with Crippen LogP contribution in [0.25, 0.3) is 15.9 Å². The van der Waals surface area contributed by atoms with E-state index in [1.807, 2.05) is 0 Å². The van der Waals surface area contributed by atoms with Crippen LogP contribution in [-0.2, 0) is 17.6 Å². The van der Waals surface area contributed by atoms with Crippen LogP contribution in [0.1, 0.15) is 37.6 Å². The number of nitrogens with zero attached hydrogens (tertiary/aromatic N) is 2. The molecule has 1 atom stereocenters. The standard InChI is InChI=1S/C23H25FN4O3S2/c1-12(2)25-22(31)26-18(29)11-32-23-27-20-19(14-9-8-13(3)10-17(14)33-20)21(30)28(23)16-7-5-4-6-15(16)24/h4-7,12-13H,8-11H2,1-3H3,(H2,25,26,29,31)/t13-/m1/s1. The summed E-state index contributed by atoms with van der Waals surface area (Å²) >= 11 is 2.49. The average Bonchev–Trinajstić information content (AvgIpc) is 3.10. The average molecular weight is 489 g/mol. The number of amides is 3. The van der Waals surface area contributed by atoms with Crippen LogP contribution in [0.15, 0.2) is 34.2 Å². The van der Waals surface area contributed by atoms with Crippen molar-refractivity contribution in [3.05, 3.63) is 50.9 Å². The number of urea groups is 1. The van der Waals surface area contributed by atoms with E-state index in [1.54, 1.807) is 26.0 Å². The number of para-hydroxylation sites is 1.